The Morgan fingerprint density at radius 2 is 1.37 bits per heavy atom. The van der Waals surface area contributed by atoms with Gasteiger partial charge in [-0.05, 0) is 36.8 Å². The van der Waals surface area contributed by atoms with Crippen molar-refractivity contribution in [1.29, 1.82) is 0 Å². The second kappa shape index (κ2) is 6.80. The zero-order valence-electron chi connectivity index (χ0n) is 15.4. The highest BCUT2D eigenvalue weighted by atomic mass is 16.5. The van der Waals surface area contributed by atoms with E-state index < -0.39 is 11.6 Å². The fourth-order valence-corrected chi connectivity index (χ4v) is 3.69. The van der Waals surface area contributed by atoms with Crippen molar-refractivity contribution in [3.05, 3.63) is 96.6 Å². The summed E-state index contributed by atoms with van der Waals surface area (Å²) in [5, 5.41) is 3.69. The second-order valence-corrected chi connectivity index (χ2v) is 6.83. The third kappa shape index (κ3) is 2.83. The van der Waals surface area contributed by atoms with Gasteiger partial charge < -0.3 is 4.74 Å². The highest BCUT2D eigenvalue weighted by Gasteiger charge is 2.62. The molecule has 4 heteroatoms. The number of anilines is 1. The van der Waals surface area contributed by atoms with Crippen LogP contribution in [0.3, 0.4) is 0 Å². The summed E-state index contributed by atoms with van der Waals surface area (Å²) in [6.07, 6.45) is -0.589. The zero-order chi connectivity index (χ0) is 18.9. The first kappa shape index (κ1) is 17.2. The maximum Gasteiger partial charge on any atom is 0.286 e. The molecule has 1 fully saturated rings. The smallest absolute Gasteiger partial charge is 0.286 e. The fourth-order valence-electron chi connectivity index (χ4n) is 3.69. The van der Waals surface area contributed by atoms with Gasteiger partial charge in [0.05, 0.1) is 5.69 Å². The van der Waals surface area contributed by atoms with Crippen molar-refractivity contribution in [1.82, 2.24) is 5.01 Å². The van der Waals surface area contributed by atoms with Crippen LogP contribution >= 0.6 is 0 Å². The molecule has 0 spiro atoms. The Bertz CT molecular complexity index is 915. The largest absolute Gasteiger partial charge is 0.478 e. The van der Waals surface area contributed by atoms with Gasteiger partial charge in [0.1, 0.15) is 11.3 Å². The van der Waals surface area contributed by atoms with E-state index in [0.717, 1.165) is 11.3 Å². The molecule has 3 aromatic rings. The molecule has 0 saturated carbocycles. The second-order valence-electron chi connectivity index (χ2n) is 6.83. The average molecular weight is 358 g/mol. The molecule has 1 aliphatic rings. The van der Waals surface area contributed by atoms with Crippen molar-refractivity contribution in [2.75, 3.05) is 12.1 Å². The van der Waals surface area contributed by atoms with E-state index in [4.69, 9.17) is 4.74 Å². The van der Waals surface area contributed by atoms with Gasteiger partial charge in [-0.15, -0.1) is 0 Å². The predicted octanol–water partition coefficient (Wildman–Crippen LogP) is 4.24. The molecule has 0 radical (unpaired) electrons. The third-order valence-electron chi connectivity index (χ3n) is 5.17. The van der Waals surface area contributed by atoms with Crippen LogP contribution in [-0.2, 0) is 10.3 Å². The van der Waals surface area contributed by atoms with Crippen LogP contribution in [0.15, 0.2) is 91.0 Å². The molecule has 0 aromatic heterocycles. The highest BCUT2D eigenvalue weighted by molar-refractivity contribution is 5.92. The van der Waals surface area contributed by atoms with Crippen molar-refractivity contribution >= 4 is 11.6 Å². The Labute approximate surface area is 159 Å². The van der Waals surface area contributed by atoms with Gasteiger partial charge in [-0.1, -0.05) is 66.7 Å². The van der Waals surface area contributed by atoms with Crippen LogP contribution in [-0.4, -0.2) is 24.1 Å². The number of hydrogen-bond acceptors (Lipinski definition) is 3. The van der Waals surface area contributed by atoms with Crippen LogP contribution in [0.5, 0.6) is 5.75 Å². The number of β-lactam (4-membered cyclic amide) rings is 1. The minimum Gasteiger partial charge on any atom is -0.478 e. The topological polar surface area (TPSA) is 32.8 Å². The Morgan fingerprint density at radius 3 is 1.96 bits per heavy atom. The summed E-state index contributed by atoms with van der Waals surface area (Å²) in [6.45, 7) is 2.05. The van der Waals surface area contributed by atoms with Crippen LogP contribution in [0.1, 0.15) is 12.5 Å². The van der Waals surface area contributed by atoms with Gasteiger partial charge in [0.15, 0.2) is 0 Å². The molecular weight excluding hydrogens is 336 g/mol. The van der Waals surface area contributed by atoms with Gasteiger partial charge in [0, 0.05) is 7.05 Å². The van der Waals surface area contributed by atoms with Crippen LogP contribution in [0.4, 0.5) is 5.69 Å². The number of para-hydroxylation sites is 2. The van der Waals surface area contributed by atoms with Crippen molar-refractivity contribution in [3.8, 4) is 5.75 Å². The van der Waals surface area contributed by atoms with Crippen LogP contribution in [0.25, 0.3) is 0 Å². The molecule has 1 aliphatic heterocycles. The number of amides is 1. The summed E-state index contributed by atoms with van der Waals surface area (Å²) in [7, 11) is 1.91. The summed E-state index contributed by atoms with van der Waals surface area (Å²) >= 11 is 0. The van der Waals surface area contributed by atoms with Crippen molar-refractivity contribution in [2.24, 2.45) is 0 Å². The monoisotopic (exact) mass is 358 g/mol. The van der Waals surface area contributed by atoms with E-state index in [0.29, 0.717) is 5.75 Å². The number of rotatable bonds is 5. The lowest BCUT2D eigenvalue weighted by Gasteiger charge is -2.58. The average Bonchev–Trinajstić information content (AvgIpc) is 2.74. The number of carbonyl (C=O) groups is 1. The lowest BCUT2D eigenvalue weighted by atomic mass is 9.77. The third-order valence-corrected chi connectivity index (χ3v) is 5.17. The number of benzene rings is 3. The quantitative estimate of drug-likeness (QED) is 0.640. The van der Waals surface area contributed by atoms with E-state index in [-0.39, 0.29) is 5.91 Å². The zero-order valence-corrected chi connectivity index (χ0v) is 15.4. The first-order chi connectivity index (χ1) is 13.1. The highest BCUT2D eigenvalue weighted by Crippen LogP contribution is 2.45. The molecule has 4 rings (SSSR count). The van der Waals surface area contributed by atoms with E-state index in [2.05, 4.69) is 6.92 Å². The first-order valence-electron chi connectivity index (χ1n) is 9.02. The molecule has 27 heavy (non-hydrogen) atoms. The SMILES string of the molecule is CN(c1ccccc1)N1C(=O)[C@@H](Oc2ccccc2)[C@@]1(C)c1ccccc1. The normalized spacial score (nSPS) is 21.5. The van der Waals surface area contributed by atoms with Crippen molar-refractivity contribution in [3.63, 3.8) is 0 Å². The minimum absolute atomic E-state index is 0.0587. The maximum atomic E-state index is 13.1. The van der Waals surface area contributed by atoms with Gasteiger partial charge >= 0.3 is 0 Å². The molecule has 0 aliphatic carbocycles. The van der Waals surface area contributed by atoms with E-state index >= 15 is 0 Å². The molecule has 0 unspecified atom stereocenters. The number of hydrazine groups is 1. The molecule has 1 saturated heterocycles. The van der Waals surface area contributed by atoms with Crippen molar-refractivity contribution < 1.29 is 9.53 Å². The van der Waals surface area contributed by atoms with E-state index in [1.165, 1.54) is 0 Å². The summed E-state index contributed by atoms with van der Waals surface area (Å²) in [5.74, 6) is 0.636. The molecule has 1 amide bonds. The molecule has 3 aromatic carbocycles. The van der Waals surface area contributed by atoms with Crippen molar-refractivity contribution in [2.45, 2.75) is 18.6 Å². The van der Waals surface area contributed by atoms with E-state index in [9.17, 15) is 4.79 Å². The first-order valence-corrected chi connectivity index (χ1v) is 9.02. The summed E-state index contributed by atoms with van der Waals surface area (Å²) in [4.78, 5) is 13.1. The van der Waals surface area contributed by atoms with Gasteiger partial charge in [0.25, 0.3) is 5.91 Å². The van der Waals surface area contributed by atoms with E-state index in [1.807, 2.05) is 103 Å². The molecule has 0 N–H and O–H groups in total. The Morgan fingerprint density at radius 1 is 0.852 bits per heavy atom. The number of carbonyl (C=O) groups excluding carboxylic acids is 1. The molecule has 1 heterocycles. The van der Waals surface area contributed by atoms with Gasteiger partial charge in [-0.2, -0.15) is 0 Å². The van der Waals surface area contributed by atoms with E-state index in [1.54, 1.807) is 5.01 Å². The Hall–Kier alpha value is -3.27. The van der Waals surface area contributed by atoms with Gasteiger partial charge in [0.2, 0.25) is 6.10 Å². The number of nitrogens with zero attached hydrogens (tertiary/aromatic N) is 2. The van der Waals surface area contributed by atoms with Crippen LogP contribution in [0, 0.1) is 0 Å². The molecule has 136 valence electrons. The van der Waals surface area contributed by atoms with Crippen LogP contribution in [0.2, 0.25) is 0 Å². The van der Waals surface area contributed by atoms with Gasteiger partial charge in [-0.25, -0.2) is 5.01 Å². The Balaban J connectivity index is 1.72. The van der Waals surface area contributed by atoms with Crippen LogP contribution < -0.4 is 9.75 Å². The maximum absolute atomic E-state index is 13.1. The standard InChI is InChI=1S/C23H22N2O2/c1-23(18-12-6-3-7-13-18)21(27-20-16-10-5-11-17-20)22(26)25(23)24(2)19-14-8-4-9-15-19/h3-17,21H,1-2H3/t21-,23-/m1/s1. The summed E-state index contributed by atoms with van der Waals surface area (Å²) in [6, 6.07) is 29.4. The molecular formula is C23H22N2O2. The molecule has 4 nitrogen and oxygen atoms in total. The molecule has 2 atom stereocenters. The van der Waals surface area contributed by atoms with Gasteiger partial charge in [-0.3, -0.25) is 9.80 Å². The predicted molar refractivity (Wildman–Crippen MR) is 106 cm³/mol. The number of ether oxygens (including phenoxy) is 1. The lowest BCUT2D eigenvalue weighted by molar-refractivity contribution is -0.181. The summed E-state index contributed by atoms with van der Waals surface area (Å²) in [5.41, 5.74) is 1.37. The molecule has 0 bridgehead atoms. The lowest BCUT2D eigenvalue weighted by Crippen LogP contribution is -2.76. The summed E-state index contributed by atoms with van der Waals surface area (Å²) < 4.78 is 6.13. The number of hydrogen-bond donors (Lipinski definition) is 0. The minimum atomic E-state index is -0.612. The fraction of sp³-hybridized carbons (Fsp3) is 0.174. The Kier molecular flexibility index (Phi) is 4.32.